The van der Waals surface area contributed by atoms with Crippen LogP contribution in [0.3, 0.4) is 0 Å². The number of likely N-dealkylation sites (tertiary alicyclic amines) is 2. The first-order valence-corrected chi connectivity index (χ1v) is 11.9. The number of ether oxygens (including phenoxy) is 1. The summed E-state index contributed by atoms with van der Waals surface area (Å²) in [7, 11) is 0. The first kappa shape index (κ1) is 22.9. The summed E-state index contributed by atoms with van der Waals surface area (Å²) in [6, 6.07) is 6.91. The molecule has 2 saturated heterocycles. The predicted molar refractivity (Wildman–Crippen MR) is 114 cm³/mol. The van der Waals surface area contributed by atoms with E-state index in [0.29, 0.717) is 25.4 Å². The Labute approximate surface area is 183 Å². The number of rotatable bonds is 6. The van der Waals surface area contributed by atoms with E-state index in [2.05, 4.69) is 14.5 Å². The van der Waals surface area contributed by atoms with E-state index in [-0.39, 0.29) is 11.7 Å². The summed E-state index contributed by atoms with van der Waals surface area (Å²) < 4.78 is 42.4. The highest BCUT2D eigenvalue weighted by Crippen LogP contribution is 2.42. The fourth-order valence-electron chi connectivity index (χ4n) is 5.86. The number of hydrogen-bond acceptors (Lipinski definition) is 4. The molecule has 174 valence electrons. The molecule has 0 unspecified atom stereocenters. The van der Waals surface area contributed by atoms with Crippen LogP contribution in [0.4, 0.5) is 13.2 Å². The Balaban J connectivity index is 1.48. The van der Waals surface area contributed by atoms with E-state index in [9.17, 15) is 18.3 Å². The summed E-state index contributed by atoms with van der Waals surface area (Å²) in [5.74, 6) is -0.421. The lowest BCUT2D eigenvalue weighted by Gasteiger charge is -2.44. The second-order valence-electron chi connectivity index (χ2n) is 9.61. The molecule has 1 saturated carbocycles. The van der Waals surface area contributed by atoms with Gasteiger partial charge in [-0.25, -0.2) is 0 Å². The lowest BCUT2D eigenvalue weighted by Crippen LogP contribution is -2.48. The molecule has 1 N–H and O–H groups in total. The fraction of sp³-hybridized carbons (Fsp3) is 0.750. The molecule has 0 spiro atoms. The van der Waals surface area contributed by atoms with Crippen molar-refractivity contribution < 1.29 is 23.0 Å². The molecule has 31 heavy (non-hydrogen) atoms. The third-order valence-electron chi connectivity index (χ3n) is 7.52. The number of piperidine rings is 1. The molecular weight excluding hydrogens is 405 g/mol. The van der Waals surface area contributed by atoms with Gasteiger partial charge in [-0.15, -0.1) is 13.2 Å². The summed E-state index contributed by atoms with van der Waals surface area (Å²) in [5, 5.41) is 11.6. The molecule has 1 atom stereocenters. The van der Waals surface area contributed by atoms with Crippen molar-refractivity contribution in [3.63, 3.8) is 0 Å². The van der Waals surface area contributed by atoms with Crippen LogP contribution in [0.2, 0.25) is 0 Å². The molecule has 0 aromatic heterocycles. The van der Waals surface area contributed by atoms with Crippen LogP contribution in [0, 0.1) is 0 Å². The largest absolute Gasteiger partial charge is 0.573 e. The van der Waals surface area contributed by atoms with Crippen molar-refractivity contribution in [2.24, 2.45) is 0 Å². The van der Waals surface area contributed by atoms with Crippen molar-refractivity contribution in [2.45, 2.75) is 81.7 Å². The second kappa shape index (κ2) is 9.67. The topological polar surface area (TPSA) is 35.9 Å². The second-order valence-corrected chi connectivity index (χ2v) is 9.61. The molecule has 2 heterocycles. The van der Waals surface area contributed by atoms with Crippen molar-refractivity contribution in [1.29, 1.82) is 0 Å². The number of nitrogens with zero attached hydrogens (tertiary/aromatic N) is 2. The van der Waals surface area contributed by atoms with Gasteiger partial charge in [0.05, 0.1) is 5.60 Å². The Morgan fingerprint density at radius 2 is 1.68 bits per heavy atom. The molecule has 4 rings (SSSR count). The first-order chi connectivity index (χ1) is 14.8. The zero-order valence-electron chi connectivity index (χ0n) is 18.2. The molecule has 0 amide bonds. The predicted octanol–water partition coefficient (Wildman–Crippen LogP) is 4.92. The summed E-state index contributed by atoms with van der Waals surface area (Å²) in [6.07, 6.45) is 4.56. The molecule has 7 heteroatoms. The third kappa shape index (κ3) is 5.93. The summed E-state index contributed by atoms with van der Waals surface area (Å²) in [4.78, 5) is 5.02. The molecule has 1 aromatic carbocycles. The Morgan fingerprint density at radius 3 is 2.32 bits per heavy atom. The number of halogens is 3. The van der Waals surface area contributed by atoms with E-state index in [1.807, 2.05) is 6.07 Å². The molecular formula is C24H35F3N2O2. The number of benzene rings is 1. The molecule has 3 aliphatic rings. The van der Waals surface area contributed by atoms with Gasteiger partial charge in [0.1, 0.15) is 5.75 Å². The minimum atomic E-state index is -4.71. The standard InChI is InChI=1S/C24H35F3N2O2/c25-24(26,27)31-21-8-6-7-19(17-21)22(23(30)11-2-1-3-12-23)18-28-15-9-20(10-16-28)29-13-4-5-14-29/h6-8,17,20,22,30H,1-5,9-16,18H2/t22-/m1/s1. The van der Waals surface area contributed by atoms with E-state index in [1.165, 1.54) is 38.1 Å². The summed E-state index contributed by atoms with van der Waals surface area (Å²) in [5.41, 5.74) is -0.131. The van der Waals surface area contributed by atoms with Crippen molar-refractivity contribution in [2.75, 3.05) is 32.7 Å². The highest BCUT2D eigenvalue weighted by Gasteiger charge is 2.41. The lowest BCUT2D eigenvalue weighted by atomic mass is 9.72. The van der Waals surface area contributed by atoms with Gasteiger partial charge in [-0.3, -0.25) is 0 Å². The Bertz CT molecular complexity index is 707. The van der Waals surface area contributed by atoms with Crippen LogP contribution in [0.1, 0.15) is 69.3 Å². The van der Waals surface area contributed by atoms with Gasteiger partial charge in [0.25, 0.3) is 0 Å². The number of hydrogen-bond donors (Lipinski definition) is 1. The fourth-order valence-corrected chi connectivity index (χ4v) is 5.86. The molecule has 1 aromatic rings. The minimum Gasteiger partial charge on any atom is -0.406 e. The van der Waals surface area contributed by atoms with Crippen molar-refractivity contribution in [1.82, 2.24) is 9.80 Å². The van der Waals surface area contributed by atoms with Crippen molar-refractivity contribution in [3.8, 4) is 5.75 Å². The summed E-state index contributed by atoms with van der Waals surface area (Å²) >= 11 is 0. The maximum atomic E-state index is 12.8. The number of aliphatic hydroxyl groups is 1. The van der Waals surface area contributed by atoms with Gasteiger partial charge in [0.15, 0.2) is 0 Å². The van der Waals surface area contributed by atoms with Crippen LogP contribution >= 0.6 is 0 Å². The number of alkyl halides is 3. The Kier molecular flexibility index (Phi) is 7.14. The normalized spacial score (nSPS) is 24.9. The van der Waals surface area contributed by atoms with Gasteiger partial charge in [-0.2, -0.15) is 0 Å². The van der Waals surface area contributed by atoms with E-state index in [4.69, 9.17) is 0 Å². The van der Waals surface area contributed by atoms with Gasteiger partial charge in [0, 0.05) is 18.5 Å². The van der Waals surface area contributed by atoms with Crippen LogP contribution in [0.5, 0.6) is 5.75 Å². The van der Waals surface area contributed by atoms with E-state index >= 15 is 0 Å². The monoisotopic (exact) mass is 440 g/mol. The molecule has 0 radical (unpaired) electrons. The van der Waals surface area contributed by atoms with E-state index in [1.54, 1.807) is 6.07 Å². The molecule has 1 aliphatic carbocycles. The average molecular weight is 441 g/mol. The third-order valence-corrected chi connectivity index (χ3v) is 7.52. The SMILES string of the molecule is OC1([C@H](CN2CCC(N3CCCC3)CC2)c2cccc(OC(F)(F)F)c2)CCCCC1. The average Bonchev–Trinajstić information content (AvgIpc) is 3.27. The van der Waals surface area contributed by atoms with Crippen LogP contribution in [0.15, 0.2) is 24.3 Å². The minimum absolute atomic E-state index is 0.206. The summed E-state index contributed by atoms with van der Waals surface area (Å²) in [6.45, 7) is 5.05. The molecule has 3 fully saturated rings. The van der Waals surface area contributed by atoms with Crippen LogP contribution < -0.4 is 4.74 Å². The lowest BCUT2D eigenvalue weighted by molar-refractivity contribution is -0.274. The maximum Gasteiger partial charge on any atom is 0.573 e. The highest BCUT2D eigenvalue weighted by atomic mass is 19.4. The van der Waals surface area contributed by atoms with Crippen LogP contribution in [-0.2, 0) is 0 Å². The van der Waals surface area contributed by atoms with Gasteiger partial charge in [-0.05, 0) is 82.4 Å². The van der Waals surface area contributed by atoms with Crippen LogP contribution in [0.25, 0.3) is 0 Å². The Hall–Kier alpha value is -1.31. The Morgan fingerprint density at radius 1 is 1.00 bits per heavy atom. The first-order valence-electron chi connectivity index (χ1n) is 11.9. The quantitative estimate of drug-likeness (QED) is 0.681. The van der Waals surface area contributed by atoms with Gasteiger partial charge < -0.3 is 19.6 Å². The highest BCUT2D eigenvalue weighted by molar-refractivity contribution is 5.33. The van der Waals surface area contributed by atoms with Gasteiger partial charge in [-0.1, -0.05) is 31.4 Å². The van der Waals surface area contributed by atoms with Crippen LogP contribution in [-0.4, -0.2) is 65.6 Å². The van der Waals surface area contributed by atoms with Crippen molar-refractivity contribution in [3.05, 3.63) is 29.8 Å². The maximum absolute atomic E-state index is 12.8. The zero-order valence-corrected chi connectivity index (χ0v) is 18.2. The van der Waals surface area contributed by atoms with E-state index in [0.717, 1.165) is 50.8 Å². The van der Waals surface area contributed by atoms with Gasteiger partial charge >= 0.3 is 6.36 Å². The van der Waals surface area contributed by atoms with Gasteiger partial charge in [0.2, 0.25) is 0 Å². The molecule has 0 bridgehead atoms. The molecule has 2 aliphatic heterocycles. The van der Waals surface area contributed by atoms with Crippen molar-refractivity contribution >= 4 is 0 Å². The zero-order chi connectivity index (χ0) is 21.9. The smallest absolute Gasteiger partial charge is 0.406 e. The van der Waals surface area contributed by atoms with E-state index < -0.39 is 12.0 Å². The molecule has 4 nitrogen and oxygen atoms in total.